The number of anilines is 1. The predicted molar refractivity (Wildman–Crippen MR) is 135 cm³/mol. The number of nitrogens with one attached hydrogen (secondary N) is 1. The molecular formula is C27H37FN4O5. The van der Waals surface area contributed by atoms with Crippen LogP contribution in [0, 0.1) is 5.92 Å². The fourth-order valence-corrected chi connectivity index (χ4v) is 6.17. The van der Waals surface area contributed by atoms with Crippen LogP contribution in [-0.2, 0) is 19.1 Å². The van der Waals surface area contributed by atoms with Crippen molar-refractivity contribution < 1.29 is 28.2 Å². The van der Waals surface area contributed by atoms with Gasteiger partial charge in [-0.1, -0.05) is 12.8 Å². The van der Waals surface area contributed by atoms with Gasteiger partial charge < -0.3 is 24.6 Å². The highest BCUT2D eigenvalue weighted by molar-refractivity contribution is 5.99. The van der Waals surface area contributed by atoms with Crippen LogP contribution in [0.3, 0.4) is 0 Å². The number of hydrogen-bond acceptors (Lipinski definition) is 7. The van der Waals surface area contributed by atoms with Gasteiger partial charge in [0.05, 0.1) is 13.2 Å². The molecule has 0 radical (unpaired) electrons. The number of likely N-dealkylation sites (tertiary alicyclic amines) is 1. The summed E-state index contributed by atoms with van der Waals surface area (Å²) in [6, 6.07) is 5.79. The van der Waals surface area contributed by atoms with E-state index in [9.17, 15) is 18.8 Å². The Hall–Kier alpha value is -2.56. The molecule has 3 heterocycles. The zero-order valence-electron chi connectivity index (χ0n) is 21.4. The van der Waals surface area contributed by atoms with Gasteiger partial charge in [-0.15, -0.1) is 0 Å². The Labute approximate surface area is 217 Å². The molecule has 0 bridgehead atoms. The van der Waals surface area contributed by atoms with Gasteiger partial charge in [0.1, 0.15) is 31.0 Å². The molecule has 2 amide bonds. The Bertz CT molecular complexity index is 978. The highest BCUT2D eigenvalue weighted by Crippen LogP contribution is 2.34. The van der Waals surface area contributed by atoms with Gasteiger partial charge in [-0.2, -0.15) is 0 Å². The van der Waals surface area contributed by atoms with Crippen LogP contribution in [0.4, 0.5) is 10.1 Å². The third-order valence-electron chi connectivity index (χ3n) is 8.31. The van der Waals surface area contributed by atoms with Crippen LogP contribution in [0.2, 0.25) is 0 Å². The molecule has 1 N–H and O–H groups in total. The lowest BCUT2D eigenvalue weighted by Crippen LogP contribution is -2.54. The maximum atomic E-state index is 14.5. The Morgan fingerprint density at radius 3 is 2.51 bits per heavy atom. The second kappa shape index (κ2) is 11.4. The van der Waals surface area contributed by atoms with Crippen LogP contribution < -0.4 is 10.2 Å². The molecule has 1 aromatic rings. The van der Waals surface area contributed by atoms with Gasteiger partial charge in [0.2, 0.25) is 5.91 Å². The van der Waals surface area contributed by atoms with Crippen molar-refractivity contribution in [3.63, 3.8) is 0 Å². The lowest BCUT2D eigenvalue weighted by atomic mass is 9.95. The van der Waals surface area contributed by atoms with Crippen molar-refractivity contribution in [3.8, 4) is 0 Å². The fraction of sp³-hybridized carbons (Fsp3) is 0.667. The summed E-state index contributed by atoms with van der Waals surface area (Å²) in [5.74, 6) is -1.01. The topological polar surface area (TPSA) is 91.4 Å². The zero-order chi connectivity index (χ0) is 25.9. The molecule has 10 heteroatoms. The summed E-state index contributed by atoms with van der Waals surface area (Å²) in [6.45, 7) is 5.04. The van der Waals surface area contributed by atoms with Gasteiger partial charge in [0.25, 0.3) is 5.91 Å². The lowest BCUT2D eigenvalue weighted by Gasteiger charge is -2.36. The first kappa shape index (κ1) is 26.1. The summed E-state index contributed by atoms with van der Waals surface area (Å²) < 4.78 is 25.0. The Balaban J connectivity index is 1.24. The monoisotopic (exact) mass is 516 g/mol. The van der Waals surface area contributed by atoms with Gasteiger partial charge in [-0.3, -0.25) is 19.3 Å². The van der Waals surface area contributed by atoms with Crippen LogP contribution in [0.5, 0.6) is 0 Å². The maximum absolute atomic E-state index is 14.5. The third kappa shape index (κ3) is 5.51. The molecule has 0 spiro atoms. The van der Waals surface area contributed by atoms with Crippen molar-refractivity contribution in [2.24, 2.45) is 5.92 Å². The number of fused-ring (bicyclic) bond motifs is 1. The lowest BCUT2D eigenvalue weighted by molar-refractivity contribution is -0.139. The first-order valence-corrected chi connectivity index (χ1v) is 13.4. The van der Waals surface area contributed by atoms with Crippen molar-refractivity contribution >= 4 is 23.3 Å². The Morgan fingerprint density at radius 1 is 1.14 bits per heavy atom. The molecule has 1 aromatic carbocycles. The van der Waals surface area contributed by atoms with E-state index in [2.05, 4.69) is 15.1 Å². The summed E-state index contributed by atoms with van der Waals surface area (Å²) >= 11 is 0. The summed E-state index contributed by atoms with van der Waals surface area (Å²) in [5, 5.41) is 2.95. The zero-order valence-corrected chi connectivity index (χ0v) is 21.4. The molecule has 1 saturated carbocycles. The van der Waals surface area contributed by atoms with E-state index in [1.807, 2.05) is 12.1 Å². The van der Waals surface area contributed by atoms with E-state index >= 15 is 0 Å². The summed E-state index contributed by atoms with van der Waals surface area (Å²) in [4.78, 5) is 45.2. The van der Waals surface area contributed by atoms with Gasteiger partial charge in [-0.25, -0.2) is 4.39 Å². The summed E-state index contributed by atoms with van der Waals surface area (Å²) in [6.07, 6.45) is 1.31. The van der Waals surface area contributed by atoms with Crippen LogP contribution in [-0.4, -0.2) is 111 Å². The number of benzene rings is 1. The number of rotatable bonds is 8. The number of methoxy groups -OCH3 is 1. The first-order valence-electron chi connectivity index (χ1n) is 13.4. The number of Topliss-reactive ketones (excluding diaryl/α,β-unsaturated/α-hetero) is 1. The highest BCUT2D eigenvalue weighted by atomic mass is 19.1. The van der Waals surface area contributed by atoms with E-state index in [0.29, 0.717) is 5.56 Å². The molecule has 4 fully saturated rings. The molecule has 0 aromatic heterocycles. The number of carbonyl (C=O) groups excluding carboxylic acids is 3. The number of ketones is 1. The standard InChI is InChI=1S/C27H37FN4O5/c1-36-15-14-30-10-12-31(13-11-30)20-8-6-19(7-9-20)26(34)29-23(18-4-2-3-5-18)27(35)32-16-21(28)25-24(32)22(33)17-37-25/h6-9,18,21,23-25H,2-5,10-17H2,1H3,(H,29,34)/t21-,23-,24+,25+/m0/s1. The van der Waals surface area contributed by atoms with E-state index in [1.54, 1.807) is 19.2 Å². The molecule has 9 nitrogen and oxygen atoms in total. The Morgan fingerprint density at radius 2 is 1.84 bits per heavy atom. The van der Waals surface area contributed by atoms with Crippen LogP contribution in [0.25, 0.3) is 0 Å². The minimum absolute atomic E-state index is 0.0281. The average Bonchev–Trinajstić information content (AvgIpc) is 3.66. The summed E-state index contributed by atoms with van der Waals surface area (Å²) in [5.41, 5.74) is 1.53. The van der Waals surface area contributed by atoms with Crippen molar-refractivity contribution in [2.75, 3.05) is 64.5 Å². The fourth-order valence-electron chi connectivity index (χ4n) is 6.17. The highest BCUT2D eigenvalue weighted by Gasteiger charge is 2.54. The van der Waals surface area contributed by atoms with Gasteiger partial charge in [-0.05, 0) is 43.0 Å². The number of nitrogens with zero attached hydrogens (tertiary/aromatic N) is 3. The molecule has 37 heavy (non-hydrogen) atoms. The minimum Gasteiger partial charge on any atom is -0.383 e. The van der Waals surface area contributed by atoms with Crippen molar-refractivity contribution in [1.82, 2.24) is 15.1 Å². The number of hydrogen-bond donors (Lipinski definition) is 1. The minimum atomic E-state index is -1.39. The summed E-state index contributed by atoms with van der Waals surface area (Å²) in [7, 11) is 1.71. The molecule has 202 valence electrons. The molecule has 3 saturated heterocycles. The quantitative estimate of drug-likeness (QED) is 0.556. The van der Waals surface area contributed by atoms with E-state index in [1.165, 1.54) is 4.90 Å². The van der Waals surface area contributed by atoms with Crippen molar-refractivity contribution in [3.05, 3.63) is 29.8 Å². The molecule has 5 rings (SSSR count). The largest absolute Gasteiger partial charge is 0.383 e. The van der Waals surface area contributed by atoms with Crippen LogP contribution >= 0.6 is 0 Å². The van der Waals surface area contributed by atoms with E-state index in [0.717, 1.165) is 70.7 Å². The number of halogens is 1. The third-order valence-corrected chi connectivity index (χ3v) is 8.31. The predicted octanol–water partition coefficient (Wildman–Crippen LogP) is 1.26. The van der Waals surface area contributed by atoms with Gasteiger partial charge in [0, 0.05) is 51.1 Å². The van der Waals surface area contributed by atoms with Crippen LogP contribution in [0.15, 0.2) is 24.3 Å². The Kier molecular flexibility index (Phi) is 8.07. The van der Waals surface area contributed by atoms with Crippen LogP contribution in [0.1, 0.15) is 36.0 Å². The number of carbonyl (C=O) groups is 3. The smallest absolute Gasteiger partial charge is 0.251 e. The van der Waals surface area contributed by atoms with E-state index in [4.69, 9.17) is 9.47 Å². The molecule has 4 aliphatic rings. The molecular weight excluding hydrogens is 479 g/mol. The average molecular weight is 517 g/mol. The van der Waals surface area contributed by atoms with Gasteiger partial charge >= 0.3 is 0 Å². The van der Waals surface area contributed by atoms with Gasteiger partial charge in [0.15, 0.2) is 5.78 Å². The number of alkyl halides is 1. The molecule has 0 unspecified atom stereocenters. The number of ether oxygens (including phenoxy) is 2. The maximum Gasteiger partial charge on any atom is 0.251 e. The second-order valence-corrected chi connectivity index (χ2v) is 10.6. The SMILES string of the molecule is COCCN1CCN(c2ccc(C(=O)N[C@H](C(=O)N3C[C@H](F)[C@H]4OCC(=O)[C@H]43)C3CCCC3)cc2)CC1. The molecule has 1 aliphatic carbocycles. The number of amides is 2. The normalized spacial score (nSPS) is 27.5. The second-order valence-electron chi connectivity index (χ2n) is 10.6. The van der Waals surface area contributed by atoms with E-state index < -0.39 is 24.4 Å². The molecule has 3 aliphatic heterocycles. The van der Waals surface area contributed by atoms with Crippen molar-refractivity contribution in [2.45, 2.75) is 50.0 Å². The first-order chi connectivity index (χ1) is 18.0. The van der Waals surface area contributed by atoms with Crippen molar-refractivity contribution in [1.29, 1.82) is 0 Å². The molecule has 4 atom stereocenters. The van der Waals surface area contributed by atoms with E-state index in [-0.39, 0.29) is 36.7 Å². The number of piperazine rings is 1.